The Kier molecular flexibility index (Phi) is 3.52. The number of nitrogens with zero attached hydrogens (tertiary/aromatic N) is 1. The van der Waals surface area contributed by atoms with Crippen molar-refractivity contribution in [3.05, 3.63) is 33.2 Å². The molecule has 1 aromatic carbocycles. The molecule has 0 amide bonds. The molecule has 0 aliphatic heterocycles. The fourth-order valence-electron chi connectivity index (χ4n) is 2.04. The maximum Gasteiger partial charge on any atom is 0.347 e. The number of methoxy groups -OCH3 is 1. The predicted molar refractivity (Wildman–Crippen MR) is 80.7 cm³/mol. The first-order chi connectivity index (χ1) is 9.60. The third-order valence-corrected chi connectivity index (χ3v) is 4.94. The van der Waals surface area contributed by atoms with Crippen LogP contribution in [-0.4, -0.2) is 23.2 Å². The van der Waals surface area contributed by atoms with Gasteiger partial charge in [0.1, 0.15) is 15.6 Å². The number of benzene rings is 1. The van der Waals surface area contributed by atoms with Gasteiger partial charge in [-0.3, -0.25) is 0 Å². The molecule has 1 aliphatic carbocycles. The van der Waals surface area contributed by atoms with Gasteiger partial charge in [-0.05, 0) is 47.0 Å². The van der Waals surface area contributed by atoms with E-state index < -0.39 is 5.97 Å². The van der Waals surface area contributed by atoms with Crippen molar-refractivity contribution in [2.45, 2.75) is 18.8 Å². The van der Waals surface area contributed by atoms with Crippen molar-refractivity contribution in [2.24, 2.45) is 0 Å². The summed E-state index contributed by atoms with van der Waals surface area (Å²) >= 11 is 4.67. The zero-order chi connectivity index (χ0) is 14.3. The van der Waals surface area contributed by atoms with Gasteiger partial charge in [-0.15, -0.1) is 11.3 Å². The molecule has 1 saturated carbocycles. The molecule has 0 saturated heterocycles. The molecule has 3 rings (SSSR count). The van der Waals surface area contributed by atoms with Gasteiger partial charge in [-0.2, -0.15) is 0 Å². The predicted octanol–water partition coefficient (Wildman–Crippen LogP) is 4.16. The number of halogens is 1. The lowest BCUT2D eigenvalue weighted by Crippen LogP contribution is -1.97. The second kappa shape index (κ2) is 5.18. The molecule has 1 heterocycles. The molecule has 20 heavy (non-hydrogen) atoms. The zero-order valence-electron chi connectivity index (χ0n) is 10.7. The Labute approximate surface area is 128 Å². The smallest absolute Gasteiger partial charge is 0.347 e. The Morgan fingerprint density at radius 3 is 2.80 bits per heavy atom. The van der Waals surface area contributed by atoms with Crippen LogP contribution in [0.4, 0.5) is 0 Å². The molecule has 1 fully saturated rings. The molecule has 0 radical (unpaired) electrons. The minimum absolute atomic E-state index is 0.327. The highest BCUT2D eigenvalue weighted by Gasteiger charge is 2.32. The fourth-order valence-corrected chi connectivity index (χ4v) is 3.57. The van der Waals surface area contributed by atoms with E-state index in [2.05, 4.69) is 20.9 Å². The number of aromatic nitrogens is 1. The van der Waals surface area contributed by atoms with Crippen LogP contribution >= 0.6 is 27.3 Å². The van der Waals surface area contributed by atoms with E-state index in [4.69, 9.17) is 4.74 Å². The van der Waals surface area contributed by atoms with Crippen LogP contribution in [0.2, 0.25) is 0 Å². The summed E-state index contributed by atoms with van der Waals surface area (Å²) in [6, 6.07) is 5.64. The molecule has 6 heteroatoms. The molecule has 1 aromatic heterocycles. The number of ether oxygens (including phenoxy) is 1. The highest BCUT2D eigenvalue weighted by Crippen LogP contribution is 2.44. The number of carbonyl (C=O) groups is 1. The molecular weight excluding hydrogens is 342 g/mol. The SMILES string of the molecule is COc1ccc(-c2nc(C3CC3)c(C(=O)O)s2)cc1Br. The van der Waals surface area contributed by atoms with Crippen LogP contribution in [0, 0.1) is 0 Å². The number of carboxylic acid groups (broad SMARTS) is 1. The van der Waals surface area contributed by atoms with Crippen LogP contribution in [0.3, 0.4) is 0 Å². The van der Waals surface area contributed by atoms with E-state index in [0.29, 0.717) is 10.8 Å². The molecule has 0 atom stereocenters. The van der Waals surface area contributed by atoms with Crippen LogP contribution in [0.5, 0.6) is 5.75 Å². The minimum atomic E-state index is -0.886. The number of carboxylic acids is 1. The molecule has 2 aromatic rings. The summed E-state index contributed by atoms with van der Waals surface area (Å²) in [5, 5.41) is 10.0. The maximum atomic E-state index is 11.3. The highest BCUT2D eigenvalue weighted by atomic mass is 79.9. The lowest BCUT2D eigenvalue weighted by molar-refractivity contribution is 0.0700. The summed E-state index contributed by atoms with van der Waals surface area (Å²) in [7, 11) is 1.61. The van der Waals surface area contributed by atoms with Gasteiger partial charge in [0.2, 0.25) is 0 Å². The molecule has 1 N–H and O–H groups in total. The van der Waals surface area contributed by atoms with Crippen LogP contribution in [0.1, 0.15) is 34.1 Å². The molecule has 0 spiro atoms. The van der Waals surface area contributed by atoms with Gasteiger partial charge in [0.05, 0.1) is 17.3 Å². The Balaban J connectivity index is 2.03. The average molecular weight is 354 g/mol. The lowest BCUT2D eigenvalue weighted by Gasteiger charge is -2.04. The molecule has 0 bridgehead atoms. The van der Waals surface area contributed by atoms with Crippen molar-refractivity contribution in [1.29, 1.82) is 0 Å². The standard InChI is InChI=1S/C14H12BrNO3S/c1-19-10-5-4-8(6-9(10)15)13-16-11(7-2-3-7)12(20-13)14(17)18/h4-7H,2-3H2,1H3,(H,17,18). The molecule has 1 aliphatic rings. The number of rotatable bonds is 4. The second-order valence-electron chi connectivity index (χ2n) is 4.66. The summed E-state index contributed by atoms with van der Waals surface area (Å²) in [4.78, 5) is 16.2. The van der Waals surface area contributed by atoms with E-state index in [1.165, 1.54) is 11.3 Å². The molecule has 0 unspecified atom stereocenters. The molecule has 4 nitrogen and oxygen atoms in total. The fraction of sp³-hybridized carbons (Fsp3) is 0.286. The highest BCUT2D eigenvalue weighted by molar-refractivity contribution is 9.10. The monoisotopic (exact) mass is 353 g/mol. The van der Waals surface area contributed by atoms with Crippen molar-refractivity contribution in [3.8, 4) is 16.3 Å². The second-order valence-corrected chi connectivity index (χ2v) is 6.52. The van der Waals surface area contributed by atoms with Crippen molar-refractivity contribution in [2.75, 3.05) is 7.11 Å². The van der Waals surface area contributed by atoms with Crippen LogP contribution < -0.4 is 4.74 Å². The largest absolute Gasteiger partial charge is 0.496 e. The summed E-state index contributed by atoms with van der Waals surface area (Å²) in [6.07, 6.45) is 2.07. The number of thiazole rings is 1. The first kappa shape index (κ1) is 13.6. The Hall–Kier alpha value is -1.40. The maximum absolute atomic E-state index is 11.3. The van der Waals surface area contributed by atoms with Gasteiger partial charge in [0.15, 0.2) is 0 Å². The van der Waals surface area contributed by atoms with Gasteiger partial charge in [-0.1, -0.05) is 0 Å². The third-order valence-electron chi connectivity index (χ3n) is 3.21. The van der Waals surface area contributed by atoms with E-state index in [1.807, 2.05) is 18.2 Å². The lowest BCUT2D eigenvalue weighted by atomic mass is 10.2. The first-order valence-electron chi connectivity index (χ1n) is 6.18. The summed E-state index contributed by atoms with van der Waals surface area (Å²) in [6.45, 7) is 0. The summed E-state index contributed by atoms with van der Waals surface area (Å²) < 4.78 is 6.02. The van der Waals surface area contributed by atoms with Gasteiger partial charge in [-0.25, -0.2) is 9.78 Å². The van der Waals surface area contributed by atoms with E-state index in [9.17, 15) is 9.90 Å². The normalized spacial score (nSPS) is 14.3. The van der Waals surface area contributed by atoms with E-state index in [1.54, 1.807) is 7.11 Å². The quantitative estimate of drug-likeness (QED) is 0.896. The van der Waals surface area contributed by atoms with Gasteiger partial charge >= 0.3 is 5.97 Å². The van der Waals surface area contributed by atoms with Crippen LogP contribution in [0.25, 0.3) is 10.6 Å². The molecular formula is C14H12BrNO3S. The van der Waals surface area contributed by atoms with Crippen LogP contribution in [0.15, 0.2) is 22.7 Å². The summed E-state index contributed by atoms with van der Waals surface area (Å²) in [5.41, 5.74) is 1.64. The first-order valence-corrected chi connectivity index (χ1v) is 7.79. The Morgan fingerprint density at radius 2 is 2.25 bits per heavy atom. The molecule has 104 valence electrons. The van der Waals surface area contributed by atoms with E-state index in [-0.39, 0.29) is 0 Å². The van der Waals surface area contributed by atoms with Gasteiger partial charge in [0.25, 0.3) is 0 Å². The zero-order valence-corrected chi connectivity index (χ0v) is 13.1. The third kappa shape index (κ3) is 2.45. The van der Waals surface area contributed by atoms with Crippen molar-refractivity contribution < 1.29 is 14.6 Å². The Bertz CT molecular complexity index is 679. The average Bonchev–Trinajstić information content (AvgIpc) is 3.17. The van der Waals surface area contributed by atoms with Gasteiger partial charge in [0, 0.05) is 11.5 Å². The number of hydrogen-bond acceptors (Lipinski definition) is 4. The Morgan fingerprint density at radius 1 is 1.50 bits per heavy atom. The van der Waals surface area contributed by atoms with E-state index in [0.717, 1.165) is 39.3 Å². The van der Waals surface area contributed by atoms with Crippen molar-refractivity contribution in [1.82, 2.24) is 4.98 Å². The number of hydrogen-bond donors (Lipinski definition) is 1. The van der Waals surface area contributed by atoms with Crippen molar-refractivity contribution in [3.63, 3.8) is 0 Å². The topological polar surface area (TPSA) is 59.4 Å². The van der Waals surface area contributed by atoms with E-state index >= 15 is 0 Å². The van der Waals surface area contributed by atoms with Gasteiger partial charge < -0.3 is 9.84 Å². The minimum Gasteiger partial charge on any atom is -0.496 e. The summed E-state index contributed by atoms with van der Waals surface area (Å²) in [5.74, 6) is 0.183. The van der Waals surface area contributed by atoms with Crippen LogP contribution in [-0.2, 0) is 0 Å². The number of aromatic carboxylic acids is 1. The van der Waals surface area contributed by atoms with Crippen molar-refractivity contribution >= 4 is 33.2 Å².